The van der Waals surface area contributed by atoms with Crippen molar-refractivity contribution in [2.45, 2.75) is 25.7 Å². The number of benzene rings is 1. The van der Waals surface area contributed by atoms with Crippen LogP contribution in [0.4, 0.5) is 0 Å². The van der Waals surface area contributed by atoms with Crippen LogP contribution in [0.5, 0.6) is 0 Å². The molecule has 19 heavy (non-hydrogen) atoms. The zero-order valence-electron chi connectivity index (χ0n) is 10.6. The van der Waals surface area contributed by atoms with Gasteiger partial charge in [0.05, 0.1) is 0 Å². The van der Waals surface area contributed by atoms with E-state index in [-0.39, 0.29) is 11.1 Å². The van der Waals surface area contributed by atoms with Gasteiger partial charge in [0.15, 0.2) is 0 Å². The SMILES string of the molecule is N#Cc1c(-c2ccc3c(c2)CCCC3)cc[nH]c1=O. The summed E-state index contributed by atoms with van der Waals surface area (Å²) in [5.74, 6) is 0. The molecule has 94 valence electrons. The molecule has 0 fully saturated rings. The standard InChI is InChI=1S/C16H14N2O/c17-10-15-14(7-8-18-16(15)19)13-6-5-11-3-1-2-4-12(11)9-13/h5-9H,1-4H2,(H,18,19). The minimum absolute atomic E-state index is 0.193. The first-order valence-corrected chi connectivity index (χ1v) is 6.53. The van der Waals surface area contributed by atoms with E-state index >= 15 is 0 Å². The van der Waals surface area contributed by atoms with Gasteiger partial charge in [-0.25, -0.2) is 0 Å². The molecule has 3 rings (SSSR count). The number of hydrogen-bond donors (Lipinski definition) is 1. The fraction of sp³-hybridized carbons (Fsp3) is 0.250. The maximum atomic E-state index is 11.7. The predicted molar refractivity (Wildman–Crippen MR) is 73.9 cm³/mol. The Morgan fingerprint density at radius 2 is 1.89 bits per heavy atom. The van der Waals surface area contributed by atoms with E-state index in [0.717, 1.165) is 24.0 Å². The summed E-state index contributed by atoms with van der Waals surface area (Å²) >= 11 is 0. The highest BCUT2D eigenvalue weighted by atomic mass is 16.1. The number of hydrogen-bond acceptors (Lipinski definition) is 2. The fourth-order valence-corrected chi connectivity index (χ4v) is 2.73. The van der Waals surface area contributed by atoms with Gasteiger partial charge in [0, 0.05) is 11.8 Å². The van der Waals surface area contributed by atoms with E-state index in [1.807, 2.05) is 12.1 Å². The number of nitrogens with zero attached hydrogens (tertiary/aromatic N) is 1. The van der Waals surface area contributed by atoms with E-state index in [9.17, 15) is 4.79 Å². The molecule has 1 aromatic carbocycles. The van der Waals surface area contributed by atoms with Crippen molar-refractivity contribution in [3.05, 3.63) is 57.5 Å². The second-order valence-corrected chi connectivity index (χ2v) is 4.90. The van der Waals surface area contributed by atoms with Crippen molar-refractivity contribution in [1.29, 1.82) is 5.26 Å². The lowest BCUT2D eigenvalue weighted by Gasteiger charge is -2.16. The van der Waals surface area contributed by atoms with Gasteiger partial charge in [-0.1, -0.05) is 18.2 Å². The Bertz CT molecular complexity index is 722. The van der Waals surface area contributed by atoms with Crippen LogP contribution in [0.3, 0.4) is 0 Å². The maximum absolute atomic E-state index is 11.7. The van der Waals surface area contributed by atoms with Crippen LogP contribution in [0.1, 0.15) is 29.5 Å². The number of aromatic nitrogens is 1. The van der Waals surface area contributed by atoms with Crippen LogP contribution in [0.25, 0.3) is 11.1 Å². The first-order valence-electron chi connectivity index (χ1n) is 6.53. The molecular formula is C16H14N2O. The Labute approximate surface area is 111 Å². The smallest absolute Gasteiger partial charge is 0.266 e. The monoisotopic (exact) mass is 250 g/mol. The highest BCUT2D eigenvalue weighted by Gasteiger charge is 2.13. The second kappa shape index (κ2) is 4.74. The van der Waals surface area contributed by atoms with Gasteiger partial charge in [-0.3, -0.25) is 4.79 Å². The molecule has 0 spiro atoms. The minimum atomic E-state index is -0.322. The minimum Gasteiger partial charge on any atom is -0.328 e. The van der Waals surface area contributed by atoms with Crippen molar-refractivity contribution < 1.29 is 0 Å². The largest absolute Gasteiger partial charge is 0.328 e. The van der Waals surface area contributed by atoms with Crippen molar-refractivity contribution in [2.24, 2.45) is 0 Å². The molecule has 0 aliphatic heterocycles. The quantitative estimate of drug-likeness (QED) is 0.846. The topological polar surface area (TPSA) is 56.6 Å². The Hall–Kier alpha value is -2.34. The summed E-state index contributed by atoms with van der Waals surface area (Å²) in [6, 6.07) is 10.1. The number of aromatic amines is 1. The van der Waals surface area contributed by atoms with E-state index in [4.69, 9.17) is 5.26 Å². The molecule has 0 atom stereocenters. The van der Waals surface area contributed by atoms with Crippen molar-refractivity contribution in [3.63, 3.8) is 0 Å². The summed E-state index contributed by atoms with van der Waals surface area (Å²) in [5, 5.41) is 9.13. The van der Waals surface area contributed by atoms with Gasteiger partial charge in [0.25, 0.3) is 5.56 Å². The Balaban J connectivity index is 2.16. The lowest BCUT2D eigenvalue weighted by atomic mass is 9.88. The van der Waals surface area contributed by atoms with E-state index in [2.05, 4.69) is 17.1 Å². The lowest BCUT2D eigenvalue weighted by Crippen LogP contribution is -2.10. The van der Waals surface area contributed by atoms with E-state index in [1.54, 1.807) is 12.3 Å². The number of rotatable bonds is 1. The first-order chi connectivity index (χ1) is 9.29. The van der Waals surface area contributed by atoms with Crippen molar-refractivity contribution in [2.75, 3.05) is 0 Å². The molecule has 3 heteroatoms. The van der Waals surface area contributed by atoms with Crippen molar-refractivity contribution in [3.8, 4) is 17.2 Å². The highest BCUT2D eigenvalue weighted by Crippen LogP contribution is 2.28. The van der Waals surface area contributed by atoms with Gasteiger partial charge in [0.1, 0.15) is 11.6 Å². The van der Waals surface area contributed by atoms with Gasteiger partial charge in [-0.05, 0) is 48.4 Å². The van der Waals surface area contributed by atoms with Crippen molar-refractivity contribution >= 4 is 0 Å². The third kappa shape index (κ3) is 2.06. The molecule has 1 aliphatic carbocycles. The summed E-state index contributed by atoms with van der Waals surface area (Å²) in [4.78, 5) is 14.2. The van der Waals surface area contributed by atoms with E-state index in [1.165, 1.54) is 24.0 Å². The zero-order chi connectivity index (χ0) is 13.2. The van der Waals surface area contributed by atoms with Gasteiger partial charge in [-0.15, -0.1) is 0 Å². The fourth-order valence-electron chi connectivity index (χ4n) is 2.73. The van der Waals surface area contributed by atoms with Crippen LogP contribution in [0.15, 0.2) is 35.3 Å². The molecule has 1 aliphatic rings. The molecule has 0 bridgehead atoms. The molecule has 1 N–H and O–H groups in total. The van der Waals surface area contributed by atoms with Crippen LogP contribution in [-0.2, 0) is 12.8 Å². The van der Waals surface area contributed by atoms with E-state index in [0.29, 0.717) is 0 Å². The molecule has 2 aromatic rings. The van der Waals surface area contributed by atoms with Crippen LogP contribution < -0.4 is 5.56 Å². The third-order valence-electron chi connectivity index (χ3n) is 3.73. The summed E-state index contributed by atoms with van der Waals surface area (Å²) < 4.78 is 0. The number of fused-ring (bicyclic) bond motifs is 1. The maximum Gasteiger partial charge on any atom is 0.266 e. The highest BCUT2D eigenvalue weighted by molar-refractivity contribution is 5.70. The Kier molecular flexibility index (Phi) is 2.92. The lowest BCUT2D eigenvalue weighted by molar-refractivity contribution is 0.686. The Morgan fingerprint density at radius 1 is 1.11 bits per heavy atom. The molecule has 0 radical (unpaired) electrons. The van der Waals surface area contributed by atoms with Crippen LogP contribution >= 0.6 is 0 Å². The summed E-state index contributed by atoms with van der Waals surface area (Å²) in [6.45, 7) is 0. The number of aryl methyl sites for hydroxylation is 2. The van der Waals surface area contributed by atoms with Crippen molar-refractivity contribution in [1.82, 2.24) is 4.98 Å². The van der Waals surface area contributed by atoms with Gasteiger partial charge in [-0.2, -0.15) is 5.26 Å². The summed E-state index contributed by atoms with van der Waals surface area (Å²) in [7, 11) is 0. The van der Waals surface area contributed by atoms with Gasteiger partial charge >= 0.3 is 0 Å². The van der Waals surface area contributed by atoms with Crippen LogP contribution in [-0.4, -0.2) is 4.98 Å². The molecule has 0 saturated carbocycles. The average molecular weight is 250 g/mol. The predicted octanol–water partition coefficient (Wildman–Crippen LogP) is 2.79. The second-order valence-electron chi connectivity index (χ2n) is 4.90. The van der Waals surface area contributed by atoms with Crippen LogP contribution in [0, 0.1) is 11.3 Å². The third-order valence-corrected chi connectivity index (χ3v) is 3.73. The normalized spacial score (nSPS) is 13.6. The number of nitrogens with one attached hydrogen (secondary N) is 1. The number of nitriles is 1. The van der Waals surface area contributed by atoms with E-state index < -0.39 is 0 Å². The van der Waals surface area contributed by atoms with Gasteiger partial charge in [0.2, 0.25) is 0 Å². The molecular weight excluding hydrogens is 236 g/mol. The summed E-state index contributed by atoms with van der Waals surface area (Å²) in [5.41, 5.74) is 4.31. The number of pyridine rings is 1. The average Bonchev–Trinajstić information content (AvgIpc) is 2.46. The molecule has 1 heterocycles. The molecule has 3 nitrogen and oxygen atoms in total. The molecule has 0 unspecified atom stereocenters. The van der Waals surface area contributed by atoms with Gasteiger partial charge < -0.3 is 4.98 Å². The first kappa shape index (κ1) is 11.7. The Morgan fingerprint density at radius 3 is 2.68 bits per heavy atom. The zero-order valence-corrected chi connectivity index (χ0v) is 10.6. The molecule has 0 amide bonds. The molecule has 1 aromatic heterocycles. The summed E-state index contributed by atoms with van der Waals surface area (Å²) in [6.07, 6.45) is 6.29. The van der Waals surface area contributed by atoms with Crippen LogP contribution in [0.2, 0.25) is 0 Å². The number of H-pyrrole nitrogens is 1. The molecule has 0 saturated heterocycles.